The number of benzene rings is 1. The van der Waals surface area contributed by atoms with Gasteiger partial charge in [-0.1, -0.05) is 23.7 Å². The van der Waals surface area contributed by atoms with Gasteiger partial charge in [0.15, 0.2) is 10.4 Å². The van der Waals surface area contributed by atoms with Crippen LogP contribution >= 0.6 is 38.9 Å². The highest BCUT2D eigenvalue weighted by molar-refractivity contribution is 9.10. The van der Waals surface area contributed by atoms with E-state index in [4.69, 9.17) is 20.8 Å². The first-order chi connectivity index (χ1) is 12.5. The third-order valence-electron chi connectivity index (χ3n) is 3.45. The van der Waals surface area contributed by atoms with E-state index in [0.29, 0.717) is 25.8 Å². The summed E-state index contributed by atoms with van der Waals surface area (Å²) in [7, 11) is 0. The zero-order valence-corrected chi connectivity index (χ0v) is 16.7. The van der Waals surface area contributed by atoms with Gasteiger partial charge >= 0.3 is 5.97 Å². The fourth-order valence-electron chi connectivity index (χ4n) is 2.30. The van der Waals surface area contributed by atoms with Gasteiger partial charge in [-0.05, 0) is 52.7 Å². The topological polar surface area (TPSA) is 68.5 Å². The zero-order valence-electron chi connectivity index (χ0n) is 13.5. The largest absolute Gasteiger partial charge is 0.462 e. The molecule has 26 heavy (non-hydrogen) atoms. The SMILES string of the molecule is CCOC(=O)c1c(-c2ccc(Cl)cc2)csc1NC(=O)c1ccc(Br)o1. The lowest BCUT2D eigenvalue weighted by atomic mass is 10.0. The number of furan rings is 1. The highest BCUT2D eigenvalue weighted by Gasteiger charge is 2.24. The molecule has 0 fully saturated rings. The molecule has 0 unspecified atom stereocenters. The van der Waals surface area contributed by atoms with Crippen LogP contribution in [0.2, 0.25) is 5.02 Å². The molecule has 5 nitrogen and oxygen atoms in total. The summed E-state index contributed by atoms with van der Waals surface area (Å²) < 4.78 is 10.9. The molecule has 2 heterocycles. The average molecular weight is 455 g/mol. The van der Waals surface area contributed by atoms with Crippen LogP contribution in [-0.4, -0.2) is 18.5 Å². The van der Waals surface area contributed by atoms with Gasteiger partial charge in [0.1, 0.15) is 10.6 Å². The minimum atomic E-state index is -0.505. The van der Waals surface area contributed by atoms with Gasteiger partial charge in [0.2, 0.25) is 0 Å². The first-order valence-corrected chi connectivity index (χ1v) is 9.66. The van der Waals surface area contributed by atoms with Gasteiger partial charge in [0.25, 0.3) is 5.91 Å². The second-order valence-electron chi connectivity index (χ2n) is 5.14. The monoisotopic (exact) mass is 453 g/mol. The number of carbonyl (C=O) groups excluding carboxylic acids is 2. The van der Waals surface area contributed by atoms with Crippen LogP contribution in [0.1, 0.15) is 27.8 Å². The van der Waals surface area contributed by atoms with Crippen molar-refractivity contribution in [1.29, 1.82) is 0 Å². The summed E-state index contributed by atoms with van der Waals surface area (Å²) in [6.07, 6.45) is 0. The molecule has 134 valence electrons. The first kappa shape index (κ1) is 18.7. The molecular weight excluding hydrogens is 442 g/mol. The van der Waals surface area contributed by atoms with Crippen molar-refractivity contribution in [2.24, 2.45) is 0 Å². The number of ether oxygens (including phenoxy) is 1. The van der Waals surface area contributed by atoms with E-state index < -0.39 is 11.9 Å². The molecule has 3 aromatic rings. The highest BCUT2D eigenvalue weighted by atomic mass is 79.9. The van der Waals surface area contributed by atoms with E-state index in [1.165, 1.54) is 17.4 Å². The van der Waals surface area contributed by atoms with E-state index >= 15 is 0 Å². The Morgan fingerprint density at radius 2 is 1.96 bits per heavy atom. The van der Waals surface area contributed by atoms with Crippen LogP contribution < -0.4 is 5.32 Å². The number of thiophene rings is 1. The maximum Gasteiger partial charge on any atom is 0.341 e. The van der Waals surface area contributed by atoms with Gasteiger partial charge in [-0.2, -0.15) is 0 Å². The predicted molar refractivity (Wildman–Crippen MR) is 105 cm³/mol. The predicted octanol–water partition coefficient (Wildman–Crippen LogP) is 5.85. The van der Waals surface area contributed by atoms with E-state index in [-0.39, 0.29) is 12.4 Å². The molecule has 0 aliphatic heterocycles. The van der Waals surface area contributed by atoms with E-state index in [1.807, 2.05) is 12.1 Å². The van der Waals surface area contributed by atoms with Crippen LogP contribution in [0, 0.1) is 0 Å². The number of hydrogen-bond donors (Lipinski definition) is 1. The van der Waals surface area contributed by atoms with E-state index in [0.717, 1.165) is 5.56 Å². The summed E-state index contributed by atoms with van der Waals surface area (Å²) in [6, 6.07) is 10.3. The van der Waals surface area contributed by atoms with Crippen molar-refractivity contribution >= 4 is 55.7 Å². The van der Waals surface area contributed by atoms with Crippen molar-refractivity contribution in [3.8, 4) is 11.1 Å². The molecule has 1 amide bonds. The van der Waals surface area contributed by atoms with Crippen molar-refractivity contribution in [3.63, 3.8) is 0 Å². The number of hydrogen-bond acceptors (Lipinski definition) is 5. The Balaban J connectivity index is 1.98. The molecule has 0 bridgehead atoms. The number of rotatable bonds is 5. The fraction of sp³-hybridized carbons (Fsp3) is 0.111. The average Bonchev–Trinajstić information content (AvgIpc) is 3.22. The molecule has 0 radical (unpaired) electrons. The first-order valence-electron chi connectivity index (χ1n) is 7.60. The molecule has 3 rings (SSSR count). The van der Waals surface area contributed by atoms with Crippen LogP contribution in [-0.2, 0) is 4.74 Å². The van der Waals surface area contributed by atoms with Crippen LogP contribution in [0.5, 0.6) is 0 Å². The second kappa shape index (κ2) is 8.07. The molecule has 1 aromatic carbocycles. The molecule has 0 aliphatic rings. The van der Waals surface area contributed by atoms with Crippen LogP contribution in [0.4, 0.5) is 5.00 Å². The standard InChI is InChI=1S/C18H13BrClNO4S/c1-2-24-18(23)15-12(10-3-5-11(20)6-4-10)9-26-17(15)21-16(22)13-7-8-14(19)25-13/h3-9H,2H2,1H3,(H,21,22). The van der Waals surface area contributed by atoms with Gasteiger partial charge in [-0.3, -0.25) is 4.79 Å². The maximum absolute atomic E-state index is 12.5. The summed E-state index contributed by atoms with van der Waals surface area (Å²) in [4.78, 5) is 24.8. The van der Waals surface area contributed by atoms with E-state index in [1.54, 1.807) is 30.5 Å². The number of amides is 1. The van der Waals surface area contributed by atoms with Gasteiger partial charge in [-0.25, -0.2) is 4.79 Å². The smallest absolute Gasteiger partial charge is 0.341 e. The second-order valence-corrected chi connectivity index (χ2v) is 7.24. The highest BCUT2D eigenvalue weighted by Crippen LogP contribution is 2.37. The quantitative estimate of drug-likeness (QED) is 0.491. The molecule has 0 aliphatic carbocycles. The lowest BCUT2D eigenvalue weighted by Gasteiger charge is -2.08. The molecule has 0 spiro atoms. The number of anilines is 1. The Hall–Kier alpha value is -2.09. The Bertz CT molecular complexity index is 949. The Morgan fingerprint density at radius 1 is 1.23 bits per heavy atom. The molecule has 0 saturated heterocycles. The molecule has 2 aromatic heterocycles. The molecule has 8 heteroatoms. The van der Waals surface area contributed by atoms with Crippen molar-refractivity contribution < 1.29 is 18.7 Å². The number of halogens is 2. The van der Waals surface area contributed by atoms with E-state index in [2.05, 4.69) is 21.2 Å². The van der Waals surface area contributed by atoms with Crippen molar-refractivity contribution in [2.45, 2.75) is 6.92 Å². The molecular formula is C18H13BrClNO4S. The minimum Gasteiger partial charge on any atom is -0.462 e. The third kappa shape index (κ3) is 4.00. The number of carbonyl (C=O) groups is 2. The van der Waals surface area contributed by atoms with Gasteiger partial charge in [0.05, 0.1) is 6.61 Å². The summed E-state index contributed by atoms with van der Waals surface area (Å²) in [6.45, 7) is 1.96. The lowest BCUT2D eigenvalue weighted by molar-refractivity contribution is 0.0529. The third-order valence-corrected chi connectivity index (χ3v) is 5.02. The number of esters is 1. The van der Waals surface area contributed by atoms with Gasteiger partial charge in [-0.15, -0.1) is 11.3 Å². The van der Waals surface area contributed by atoms with Crippen molar-refractivity contribution in [3.05, 3.63) is 62.8 Å². The summed E-state index contributed by atoms with van der Waals surface area (Å²) in [5.41, 5.74) is 1.77. The van der Waals surface area contributed by atoms with Gasteiger partial charge < -0.3 is 14.5 Å². The fourth-order valence-corrected chi connectivity index (χ4v) is 3.68. The Kier molecular flexibility index (Phi) is 5.80. The Labute approximate surface area is 167 Å². The molecule has 0 saturated carbocycles. The lowest BCUT2D eigenvalue weighted by Crippen LogP contribution is -2.14. The summed E-state index contributed by atoms with van der Waals surface area (Å²) in [5, 5.41) is 5.50. The molecule has 0 atom stereocenters. The minimum absolute atomic E-state index is 0.133. The van der Waals surface area contributed by atoms with E-state index in [9.17, 15) is 9.59 Å². The number of nitrogens with one attached hydrogen (secondary N) is 1. The van der Waals surface area contributed by atoms with Crippen LogP contribution in [0.25, 0.3) is 11.1 Å². The van der Waals surface area contributed by atoms with Gasteiger partial charge in [0, 0.05) is 16.0 Å². The Morgan fingerprint density at radius 3 is 2.58 bits per heavy atom. The normalized spacial score (nSPS) is 10.6. The zero-order chi connectivity index (χ0) is 18.7. The summed E-state index contributed by atoms with van der Waals surface area (Å²) >= 11 is 10.3. The summed E-state index contributed by atoms with van der Waals surface area (Å²) in [5.74, 6) is -0.825. The van der Waals surface area contributed by atoms with Crippen LogP contribution in [0.15, 0.2) is 50.9 Å². The van der Waals surface area contributed by atoms with Crippen LogP contribution in [0.3, 0.4) is 0 Å². The van der Waals surface area contributed by atoms with Crippen molar-refractivity contribution in [1.82, 2.24) is 0 Å². The molecule has 1 N–H and O–H groups in total. The van der Waals surface area contributed by atoms with Crippen molar-refractivity contribution in [2.75, 3.05) is 11.9 Å². The maximum atomic E-state index is 12.5.